The van der Waals surface area contributed by atoms with Crippen molar-refractivity contribution in [3.8, 4) is 0 Å². The molecule has 0 amide bonds. The fourth-order valence-corrected chi connectivity index (χ4v) is 1.94. The summed E-state index contributed by atoms with van der Waals surface area (Å²) in [7, 11) is 0. The molecular formula is C10H11N5O2. The van der Waals surface area contributed by atoms with Crippen LogP contribution in [0.4, 0.5) is 5.95 Å². The topological polar surface area (TPSA) is 98.8 Å². The van der Waals surface area contributed by atoms with E-state index in [4.69, 9.17) is 10.5 Å². The second-order valence-corrected chi connectivity index (χ2v) is 3.93. The van der Waals surface area contributed by atoms with Gasteiger partial charge >= 0.3 is 0 Å². The van der Waals surface area contributed by atoms with Gasteiger partial charge in [0, 0.05) is 12.8 Å². The Labute approximate surface area is 95.9 Å². The van der Waals surface area contributed by atoms with E-state index in [1.807, 2.05) is 0 Å². The van der Waals surface area contributed by atoms with Crippen LogP contribution >= 0.6 is 0 Å². The summed E-state index contributed by atoms with van der Waals surface area (Å²) < 4.78 is 7.24. The maximum atomic E-state index is 11.6. The summed E-state index contributed by atoms with van der Waals surface area (Å²) in [6.07, 6.45) is 2.92. The SMILES string of the molecule is C=C1CC[C@H](n2cnc3c(=O)[nH]c(N)nc32)O1. The number of hydrogen-bond acceptors (Lipinski definition) is 5. The molecule has 1 atom stereocenters. The van der Waals surface area contributed by atoms with Gasteiger partial charge in [0.05, 0.1) is 5.76 Å². The van der Waals surface area contributed by atoms with Gasteiger partial charge in [-0.3, -0.25) is 14.3 Å². The fraction of sp³-hybridized carbons (Fsp3) is 0.300. The predicted molar refractivity (Wildman–Crippen MR) is 61.1 cm³/mol. The van der Waals surface area contributed by atoms with Crippen molar-refractivity contribution in [3.05, 3.63) is 29.0 Å². The molecule has 3 heterocycles. The molecule has 2 aromatic heterocycles. The molecule has 7 heteroatoms. The van der Waals surface area contributed by atoms with Crippen molar-refractivity contribution in [3.63, 3.8) is 0 Å². The number of imidazole rings is 1. The second kappa shape index (κ2) is 3.34. The molecule has 0 radical (unpaired) electrons. The molecule has 17 heavy (non-hydrogen) atoms. The lowest BCUT2D eigenvalue weighted by Crippen LogP contribution is -2.13. The molecule has 1 saturated heterocycles. The third kappa shape index (κ3) is 1.47. The van der Waals surface area contributed by atoms with Crippen molar-refractivity contribution < 1.29 is 4.74 Å². The number of nitrogens with one attached hydrogen (secondary N) is 1. The average Bonchev–Trinajstić information content (AvgIpc) is 2.83. The van der Waals surface area contributed by atoms with E-state index in [-0.39, 0.29) is 23.3 Å². The first-order valence-electron chi connectivity index (χ1n) is 5.22. The molecule has 0 spiro atoms. The minimum absolute atomic E-state index is 0.0704. The number of aromatic nitrogens is 4. The van der Waals surface area contributed by atoms with Crippen LogP contribution < -0.4 is 11.3 Å². The van der Waals surface area contributed by atoms with Gasteiger partial charge < -0.3 is 10.5 Å². The van der Waals surface area contributed by atoms with E-state index in [0.717, 1.165) is 18.6 Å². The van der Waals surface area contributed by atoms with Crippen molar-refractivity contribution in [1.82, 2.24) is 19.5 Å². The highest BCUT2D eigenvalue weighted by Crippen LogP contribution is 2.30. The largest absolute Gasteiger partial charge is 0.475 e. The zero-order chi connectivity index (χ0) is 12.0. The van der Waals surface area contributed by atoms with Gasteiger partial charge in [0.15, 0.2) is 17.4 Å². The summed E-state index contributed by atoms with van der Waals surface area (Å²) in [6, 6.07) is 0. The lowest BCUT2D eigenvalue weighted by molar-refractivity contribution is 0.102. The van der Waals surface area contributed by atoms with Crippen molar-refractivity contribution in [2.45, 2.75) is 19.1 Å². The van der Waals surface area contributed by atoms with Crippen LogP contribution in [0.2, 0.25) is 0 Å². The van der Waals surface area contributed by atoms with E-state index in [0.29, 0.717) is 5.65 Å². The van der Waals surface area contributed by atoms with Gasteiger partial charge in [0.1, 0.15) is 6.33 Å². The molecule has 3 rings (SSSR count). The number of nitrogen functional groups attached to an aromatic ring is 1. The summed E-state index contributed by atoms with van der Waals surface area (Å²) in [6.45, 7) is 3.76. The summed E-state index contributed by atoms with van der Waals surface area (Å²) in [4.78, 5) is 22.1. The number of fused-ring (bicyclic) bond motifs is 1. The molecule has 0 bridgehead atoms. The highest BCUT2D eigenvalue weighted by molar-refractivity contribution is 5.70. The maximum Gasteiger partial charge on any atom is 0.280 e. The molecule has 0 aromatic carbocycles. The van der Waals surface area contributed by atoms with Crippen LogP contribution in [-0.2, 0) is 4.74 Å². The van der Waals surface area contributed by atoms with Crippen LogP contribution in [-0.4, -0.2) is 19.5 Å². The van der Waals surface area contributed by atoms with Crippen LogP contribution in [0.15, 0.2) is 23.5 Å². The average molecular weight is 233 g/mol. The van der Waals surface area contributed by atoms with Crippen molar-refractivity contribution in [2.75, 3.05) is 5.73 Å². The first kappa shape index (κ1) is 9.88. The van der Waals surface area contributed by atoms with E-state index in [1.54, 1.807) is 4.57 Å². The number of nitrogens with two attached hydrogens (primary N) is 1. The van der Waals surface area contributed by atoms with Gasteiger partial charge in [-0.2, -0.15) is 4.98 Å². The van der Waals surface area contributed by atoms with Crippen molar-refractivity contribution in [1.29, 1.82) is 0 Å². The summed E-state index contributed by atoms with van der Waals surface area (Å²) in [5.74, 6) is 0.802. The molecule has 3 N–H and O–H groups in total. The Bertz CT molecular complexity index is 656. The lowest BCUT2D eigenvalue weighted by atomic mass is 10.3. The van der Waals surface area contributed by atoms with Gasteiger partial charge in [-0.25, -0.2) is 4.98 Å². The van der Waals surface area contributed by atoms with Crippen LogP contribution in [0, 0.1) is 0 Å². The zero-order valence-electron chi connectivity index (χ0n) is 9.01. The Morgan fingerprint density at radius 1 is 1.65 bits per heavy atom. The third-order valence-electron chi connectivity index (χ3n) is 2.73. The molecule has 0 aliphatic carbocycles. The molecular weight excluding hydrogens is 222 g/mol. The minimum atomic E-state index is -0.344. The number of rotatable bonds is 1. The highest BCUT2D eigenvalue weighted by Gasteiger charge is 2.23. The second-order valence-electron chi connectivity index (χ2n) is 3.93. The molecule has 1 aliphatic heterocycles. The van der Waals surface area contributed by atoms with Gasteiger partial charge in [-0.05, 0) is 0 Å². The number of allylic oxidation sites excluding steroid dienone is 1. The van der Waals surface area contributed by atoms with Crippen LogP contribution in [0.5, 0.6) is 0 Å². The Morgan fingerprint density at radius 2 is 2.47 bits per heavy atom. The summed E-state index contributed by atoms with van der Waals surface area (Å²) in [5.41, 5.74) is 5.87. The molecule has 0 saturated carbocycles. The number of ether oxygens (including phenoxy) is 1. The Morgan fingerprint density at radius 3 is 3.18 bits per heavy atom. The van der Waals surface area contributed by atoms with E-state index >= 15 is 0 Å². The first-order valence-corrected chi connectivity index (χ1v) is 5.22. The minimum Gasteiger partial charge on any atom is -0.475 e. The predicted octanol–water partition coefficient (Wildman–Crippen LogP) is 0.524. The van der Waals surface area contributed by atoms with Crippen LogP contribution in [0.3, 0.4) is 0 Å². The monoisotopic (exact) mass is 233 g/mol. The quantitative estimate of drug-likeness (QED) is 0.748. The number of nitrogens with zero attached hydrogens (tertiary/aromatic N) is 3. The number of hydrogen-bond donors (Lipinski definition) is 2. The number of aromatic amines is 1. The standard InChI is InChI=1S/C10H11N5O2/c1-5-2-3-6(17-5)15-4-12-7-8(15)13-10(11)14-9(7)16/h4,6H,1-3H2,(H3,11,13,14,16)/t6-/m1/s1. The Kier molecular flexibility index (Phi) is 1.94. The molecule has 1 aliphatic rings. The van der Waals surface area contributed by atoms with Gasteiger partial charge in [0.25, 0.3) is 5.56 Å². The third-order valence-corrected chi connectivity index (χ3v) is 2.73. The normalized spacial score (nSPS) is 19.8. The number of anilines is 1. The lowest BCUT2D eigenvalue weighted by Gasteiger charge is -2.12. The van der Waals surface area contributed by atoms with Gasteiger partial charge in [-0.1, -0.05) is 6.58 Å². The molecule has 7 nitrogen and oxygen atoms in total. The molecule has 1 fully saturated rings. The van der Waals surface area contributed by atoms with E-state index in [2.05, 4.69) is 21.5 Å². The zero-order valence-corrected chi connectivity index (χ0v) is 9.01. The summed E-state index contributed by atoms with van der Waals surface area (Å²) in [5, 5.41) is 0. The van der Waals surface area contributed by atoms with Crippen molar-refractivity contribution >= 4 is 17.1 Å². The van der Waals surface area contributed by atoms with E-state index < -0.39 is 0 Å². The fourth-order valence-electron chi connectivity index (χ4n) is 1.94. The smallest absolute Gasteiger partial charge is 0.280 e. The highest BCUT2D eigenvalue weighted by atomic mass is 16.5. The summed E-state index contributed by atoms with van der Waals surface area (Å²) >= 11 is 0. The van der Waals surface area contributed by atoms with Crippen LogP contribution in [0.25, 0.3) is 11.2 Å². The Balaban J connectivity index is 2.18. The molecule has 88 valence electrons. The number of H-pyrrole nitrogens is 1. The van der Waals surface area contributed by atoms with Crippen LogP contribution in [0.1, 0.15) is 19.1 Å². The molecule has 0 unspecified atom stereocenters. The van der Waals surface area contributed by atoms with Crippen molar-refractivity contribution in [2.24, 2.45) is 0 Å². The van der Waals surface area contributed by atoms with Gasteiger partial charge in [-0.15, -0.1) is 0 Å². The maximum absolute atomic E-state index is 11.6. The van der Waals surface area contributed by atoms with Gasteiger partial charge in [0.2, 0.25) is 5.95 Å². The Hall–Kier alpha value is -2.31. The molecule has 2 aromatic rings. The van der Waals surface area contributed by atoms with E-state index in [1.165, 1.54) is 6.33 Å². The first-order chi connectivity index (χ1) is 8.15. The van der Waals surface area contributed by atoms with E-state index in [9.17, 15) is 4.79 Å².